The third kappa shape index (κ3) is 4.07. The average Bonchev–Trinajstić information content (AvgIpc) is 3.84. The Kier molecular flexibility index (Phi) is 6.52. The molecule has 12 heteroatoms. The Labute approximate surface area is 242 Å². The Morgan fingerprint density at radius 1 is 1.07 bits per heavy atom. The molecule has 0 saturated heterocycles. The molecule has 6 rings (SSSR count). The molecule has 0 radical (unpaired) electrons. The van der Waals surface area contributed by atoms with Crippen LogP contribution in [0.15, 0.2) is 29.0 Å². The third-order valence-electron chi connectivity index (χ3n) is 9.61. The first-order chi connectivity index (χ1) is 19.8. The van der Waals surface area contributed by atoms with E-state index in [9.17, 15) is 39.6 Å². The largest absolute Gasteiger partial charge is 0.508 e. The predicted octanol–water partition coefficient (Wildman–Crippen LogP) is 0.918. The second-order valence-corrected chi connectivity index (χ2v) is 12.5. The summed E-state index contributed by atoms with van der Waals surface area (Å²) in [7, 11) is 3.10. The molecule has 0 aliphatic heterocycles. The molecule has 5 atom stereocenters. The molecule has 5 aliphatic rings. The normalized spacial score (nSPS) is 29.8. The summed E-state index contributed by atoms with van der Waals surface area (Å²) >= 11 is 0. The summed E-state index contributed by atoms with van der Waals surface area (Å²) in [4.78, 5) is 56.2. The van der Waals surface area contributed by atoms with Crippen molar-refractivity contribution in [2.45, 2.75) is 75.2 Å². The number of aliphatic hydroxyl groups is 3. The standard InChI is InChI=1S/C30H36N4O8/c1-12(34(15-5-6-15)16-7-8-16)29(41)32-18-9-4-13-10-14-11-17-22(33(2)3)25(37)21(28(31)40)27(39)30(17,42)26(38)20(14)24(36)19(13)23(18)35/h4,9,12,14-17,22,35-36,39,42H,5-8,10-11H2,1-3H3,(H2,31,40)(H,32,41)/t12?,14?,17?,22-,30?/m0/s1. The van der Waals surface area contributed by atoms with Gasteiger partial charge in [0.05, 0.1) is 23.3 Å². The molecule has 5 aliphatic carbocycles. The maximum Gasteiger partial charge on any atom is 0.255 e. The van der Waals surface area contributed by atoms with E-state index in [4.69, 9.17) is 5.73 Å². The van der Waals surface area contributed by atoms with Gasteiger partial charge in [0.25, 0.3) is 5.91 Å². The van der Waals surface area contributed by atoms with Gasteiger partial charge >= 0.3 is 0 Å². The van der Waals surface area contributed by atoms with E-state index in [0.29, 0.717) is 17.6 Å². The number of aliphatic hydroxyl groups excluding tert-OH is 2. The number of nitrogens with one attached hydrogen (secondary N) is 1. The first-order valence-electron chi connectivity index (χ1n) is 14.4. The van der Waals surface area contributed by atoms with Gasteiger partial charge < -0.3 is 31.5 Å². The van der Waals surface area contributed by atoms with E-state index in [1.54, 1.807) is 26.2 Å². The van der Waals surface area contributed by atoms with Crippen molar-refractivity contribution in [1.82, 2.24) is 9.80 Å². The van der Waals surface area contributed by atoms with Gasteiger partial charge in [-0.25, -0.2) is 0 Å². The maximum absolute atomic E-state index is 14.0. The highest BCUT2D eigenvalue weighted by Crippen LogP contribution is 2.53. The number of hydrogen-bond donors (Lipinski definition) is 6. The number of Topliss-reactive ketones (excluding diaryl/α,β-unsaturated/α-hetero) is 2. The maximum atomic E-state index is 14.0. The molecule has 0 bridgehead atoms. The molecule has 2 amide bonds. The lowest BCUT2D eigenvalue weighted by Crippen LogP contribution is -2.65. The molecule has 0 heterocycles. The number of anilines is 1. The lowest BCUT2D eigenvalue weighted by atomic mass is 9.57. The highest BCUT2D eigenvalue weighted by molar-refractivity contribution is 6.24. The molecule has 3 saturated carbocycles. The van der Waals surface area contributed by atoms with Crippen molar-refractivity contribution >= 4 is 34.8 Å². The number of carbonyl (C=O) groups excluding carboxylic acids is 4. The Morgan fingerprint density at radius 3 is 2.24 bits per heavy atom. The first kappa shape index (κ1) is 28.4. The van der Waals surface area contributed by atoms with Crippen LogP contribution in [-0.4, -0.2) is 97.5 Å². The fourth-order valence-corrected chi connectivity index (χ4v) is 7.37. The zero-order chi connectivity index (χ0) is 30.4. The number of phenols is 1. The van der Waals surface area contributed by atoms with E-state index in [0.717, 1.165) is 25.7 Å². The topological polar surface area (TPSA) is 194 Å². The molecule has 12 nitrogen and oxygen atoms in total. The second kappa shape index (κ2) is 9.65. The van der Waals surface area contributed by atoms with Gasteiger partial charge in [-0.1, -0.05) is 6.07 Å². The Bertz CT molecular complexity index is 1480. The molecule has 224 valence electrons. The van der Waals surface area contributed by atoms with Crippen molar-refractivity contribution in [3.63, 3.8) is 0 Å². The number of rotatable bonds is 7. The number of phenolic OH excluding ortho intramolecular Hbond substituents is 1. The van der Waals surface area contributed by atoms with E-state index in [-0.39, 0.29) is 35.6 Å². The lowest BCUT2D eigenvalue weighted by Gasteiger charge is -2.50. The fourth-order valence-electron chi connectivity index (χ4n) is 7.37. The van der Waals surface area contributed by atoms with Gasteiger partial charge in [0.2, 0.25) is 11.7 Å². The molecule has 1 aromatic rings. The number of nitrogens with zero attached hydrogens (tertiary/aromatic N) is 2. The summed E-state index contributed by atoms with van der Waals surface area (Å²) in [5.41, 5.74) is 2.10. The van der Waals surface area contributed by atoms with E-state index < -0.39 is 69.8 Å². The Hall–Kier alpha value is -3.74. The van der Waals surface area contributed by atoms with Gasteiger partial charge in [0, 0.05) is 23.6 Å². The van der Waals surface area contributed by atoms with Gasteiger partial charge in [-0.3, -0.25) is 29.0 Å². The number of amides is 2. The van der Waals surface area contributed by atoms with Crippen LogP contribution in [0.2, 0.25) is 0 Å². The van der Waals surface area contributed by atoms with Gasteiger partial charge in [0.15, 0.2) is 11.4 Å². The fraction of sp³-hybridized carbons (Fsp3) is 0.533. The number of nitrogens with two attached hydrogens (primary N) is 1. The van der Waals surface area contributed by atoms with Gasteiger partial charge in [-0.05, 0) is 77.1 Å². The number of hydrogen-bond acceptors (Lipinski definition) is 10. The third-order valence-corrected chi connectivity index (χ3v) is 9.61. The number of likely N-dealkylation sites (N-methyl/N-ethyl adjacent to an activating group) is 1. The van der Waals surface area contributed by atoms with Crippen molar-refractivity contribution < 1.29 is 39.6 Å². The molecule has 4 unspecified atom stereocenters. The van der Waals surface area contributed by atoms with Crippen LogP contribution in [0.1, 0.15) is 50.2 Å². The van der Waals surface area contributed by atoms with Crippen molar-refractivity contribution in [1.29, 1.82) is 0 Å². The number of fused-ring (bicyclic) bond motifs is 3. The second-order valence-electron chi connectivity index (χ2n) is 12.5. The minimum absolute atomic E-state index is 0.0146. The van der Waals surface area contributed by atoms with Crippen LogP contribution in [0.3, 0.4) is 0 Å². The summed E-state index contributed by atoms with van der Waals surface area (Å²) in [6.07, 6.45) is 4.41. The molecule has 0 aromatic heterocycles. The number of benzene rings is 1. The molecule has 7 N–H and O–H groups in total. The highest BCUT2D eigenvalue weighted by Gasteiger charge is 2.64. The summed E-state index contributed by atoms with van der Waals surface area (Å²) < 4.78 is 0. The molecule has 3 fully saturated rings. The number of primary amides is 1. The first-order valence-corrected chi connectivity index (χ1v) is 14.4. The van der Waals surface area contributed by atoms with Crippen LogP contribution in [-0.2, 0) is 25.6 Å². The average molecular weight is 581 g/mol. The number of ketones is 2. The molecular formula is C30H36N4O8. The quantitative estimate of drug-likeness (QED) is 0.199. The van der Waals surface area contributed by atoms with Crippen LogP contribution in [0.25, 0.3) is 5.76 Å². The van der Waals surface area contributed by atoms with Crippen LogP contribution in [0, 0.1) is 11.8 Å². The van der Waals surface area contributed by atoms with E-state index in [1.807, 2.05) is 6.92 Å². The van der Waals surface area contributed by atoms with Crippen LogP contribution < -0.4 is 11.1 Å². The minimum atomic E-state index is -2.70. The number of carbonyl (C=O) groups is 4. The molecular weight excluding hydrogens is 544 g/mol. The van der Waals surface area contributed by atoms with Crippen molar-refractivity contribution in [3.8, 4) is 5.75 Å². The Balaban J connectivity index is 1.38. The summed E-state index contributed by atoms with van der Waals surface area (Å²) in [6, 6.07) is 2.42. The molecule has 1 aromatic carbocycles. The summed E-state index contributed by atoms with van der Waals surface area (Å²) in [6.45, 7) is 1.83. The van der Waals surface area contributed by atoms with Crippen molar-refractivity contribution in [3.05, 3.63) is 40.2 Å². The predicted molar refractivity (Wildman–Crippen MR) is 150 cm³/mol. The molecule has 42 heavy (non-hydrogen) atoms. The van der Waals surface area contributed by atoms with Crippen LogP contribution in [0.5, 0.6) is 5.75 Å². The highest BCUT2D eigenvalue weighted by atomic mass is 16.3. The zero-order valence-electron chi connectivity index (χ0n) is 23.8. The Morgan fingerprint density at radius 2 is 1.69 bits per heavy atom. The number of aromatic hydroxyl groups is 1. The smallest absolute Gasteiger partial charge is 0.255 e. The van der Waals surface area contributed by atoms with E-state index in [1.165, 1.54) is 4.90 Å². The SMILES string of the molecule is CC(C(=O)Nc1ccc2c(c1O)C(O)=C1C(=O)C3(O)C(O)=C(C(N)=O)C(=O)[C@@H](N(C)C)C3CC1C2)N(C1CC1)C1CC1. The lowest BCUT2D eigenvalue weighted by molar-refractivity contribution is -0.153. The van der Waals surface area contributed by atoms with Gasteiger partial charge in [-0.2, -0.15) is 0 Å². The van der Waals surface area contributed by atoms with E-state index in [2.05, 4.69) is 10.2 Å². The van der Waals surface area contributed by atoms with Gasteiger partial charge in [-0.15, -0.1) is 0 Å². The summed E-state index contributed by atoms with van der Waals surface area (Å²) in [5, 5.41) is 48.1. The zero-order valence-corrected chi connectivity index (χ0v) is 23.8. The molecule has 0 spiro atoms. The van der Waals surface area contributed by atoms with Gasteiger partial charge in [0.1, 0.15) is 22.8 Å². The van der Waals surface area contributed by atoms with Crippen LogP contribution >= 0.6 is 0 Å². The van der Waals surface area contributed by atoms with Crippen molar-refractivity contribution in [2.24, 2.45) is 17.6 Å². The monoisotopic (exact) mass is 580 g/mol. The minimum Gasteiger partial charge on any atom is -0.508 e. The summed E-state index contributed by atoms with van der Waals surface area (Å²) in [5.74, 6) is -7.39. The van der Waals surface area contributed by atoms with Crippen molar-refractivity contribution in [2.75, 3.05) is 19.4 Å². The van der Waals surface area contributed by atoms with E-state index >= 15 is 0 Å². The van der Waals surface area contributed by atoms with Crippen LogP contribution in [0.4, 0.5) is 5.69 Å².